The van der Waals surface area contributed by atoms with E-state index in [4.69, 9.17) is 5.84 Å². The van der Waals surface area contributed by atoms with E-state index in [1.165, 1.54) is 4.90 Å². The van der Waals surface area contributed by atoms with Crippen molar-refractivity contribution in [2.45, 2.75) is 30.8 Å². The quantitative estimate of drug-likeness (QED) is 0.452. The van der Waals surface area contributed by atoms with Crippen LogP contribution in [0, 0.1) is 0 Å². The summed E-state index contributed by atoms with van der Waals surface area (Å²) in [6.07, 6.45) is 2.36. The van der Waals surface area contributed by atoms with Gasteiger partial charge in [-0.05, 0) is 35.0 Å². The minimum Gasteiger partial charge on any atom is -0.271 e. The van der Waals surface area contributed by atoms with Crippen LogP contribution < -0.4 is 11.3 Å². The molecule has 0 saturated heterocycles. The lowest BCUT2D eigenvalue weighted by atomic mass is 10.2. The van der Waals surface area contributed by atoms with Crippen molar-refractivity contribution in [3.05, 3.63) is 40.9 Å². The predicted molar refractivity (Wildman–Crippen MR) is 85.4 cm³/mol. The molecule has 5 nitrogen and oxygen atoms in total. The summed E-state index contributed by atoms with van der Waals surface area (Å²) in [5, 5.41) is 4.18. The zero-order chi connectivity index (χ0) is 14.4. The average Bonchev–Trinajstić information content (AvgIpc) is 2.92. The summed E-state index contributed by atoms with van der Waals surface area (Å²) in [5.74, 6) is 7.48. The van der Waals surface area contributed by atoms with Crippen molar-refractivity contribution in [2.24, 2.45) is 5.84 Å². The van der Waals surface area contributed by atoms with Gasteiger partial charge in [-0.3, -0.25) is 16.0 Å². The van der Waals surface area contributed by atoms with Crippen LogP contribution in [0.4, 0.5) is 0 Å². The lowest BCUT2D eigenvalue weighted by molar-refractivity contribution is 0.527. The number of aryl methyl sites for hydroxylation is 1. The van der Waals surface area contributed by atoms with E-state index >= 15 is 0 Å². The van der Waals surface area contributed by atoms with Crippen LogP contribution in [-0.2, 0) is 13.0 Å². The van der Waals surface area contributed by atoms with Crippen molar-refractivity contribution in [1.29, 1.82) is 0 Å². The van der Waals surface area contributed by atoms with Gasteiger partial charge in [0.2, 0.25) is 0 Å². The zero-order valence-corrected chi connectivity index (χ0v) is 13.7. The van der Waals surface area contributed by atoms with Crippen LogP contribution in [0.5, 0.6) is 0 Å². The second-order valence-corrected chi connectivity index (χ2v) is 6.22. The molecule has 0 aliphatic rings. The second-order valence-electron chi connectivity index (χ2n) is 4.30. The Labute approximate surface area is 131 Å². The van der Waals surface area contributed by atoms with E-state index in [-0.39, 0.29) is 6.04 Å². The molecule has 1 atom stereocenters. The van der Waals surface area contributed by atoms with E-state index in [9.17, 15) is 0 Å². The summed E-state index contributed by atoms with van der Waals surface area (Å²) < 4.78 is 3.01. The van der Waals surface area contributed by atoms with Crippen LogP contribution >= 0.6 is 27.7 Å². The largest absolute Gasteiger partial charge is 0.271 e. The molecule has 0 radical (unpaired) electrons. The summed E-state index contributed by atoms with van der Waals surface area (Å²) >= 11 is 5.32. The second kappa shape index (κ2) is 7.78. The molecule has 1 aromatic heterocycles. The summed E-state index contributed by atoms with van der Waals surface area (Å²) in [4.78, 5) is 5.50. The van der Waals surface area contributed by atoms with Gasteiger partial charge in [0.15, 0.2) is 0 Å². The van der Waals surface area contributed by atoms with Gasteiger partial charge >= 0.3 is 0 Å². The maximum Gasteiger partial charge on any atom is 0.138 e. The highest BCUT2D eigenvalue weighted by atomic mass is 79.9. The molecule has 1 heterocycles. The van der Waals surface area contributed by atoms with E-state index in [2.05, 4.69) is 44.4 Å². The Bertz CT molecular complexity index is 545. The number of nitrogens with zero attached hydrogens (tertiary/aromatic N) is 3. The van der Waals surface area contributed by atoms with E-state index in [0.29, 0.717) is 0 Å². The molecule has 1 aromatic carbocycles. The number of nitrogens with two attached hydrogens (primary N) is 1. The molecule has 7 heteroatoms. The van der Waals surface area contributed by atoms with Crippen molar-refractivity contribution in [2.75, 3.05) is 5.75 Å². The molecule has 108 valence electrons. The zero-order valence-electron chi connectivity index (χ0n) is 11.3. The maximum atomic E-state index is 5.65. The number of halogens is 1. The molecular weight excluding hydrogens is 338 g/mol. The van der Waals surface area contributed by atoms with Crippen LogP contribution in [-0.4, -0.2) is 26.6 Å². The highest BCUT2D eigenvalue weighted by Crippen LogP contribution is 2.27. The number of benzene rings is 1. The number of aromatic nitrogens is 3. The minimum atomic E-state index is 0.154. The number of nitrogens with one attached hydrogen (secondary N) is 1. The molecule has 0 bridgehead atoms. The Morgan fingerprint density at radius 1 is 1.45 bits per heavy atom. The number of thioether (sulfide) groups is 1. The molecule has 0 spiro atoms. The van der Waals surface area contributed by atoms with Gasteiger partial charge in [0, 0.05) is 34.1 Å². The van der Waals surface area contributed by atoms with Crippen molar-refractivity contribution in [3.63, 3.8) is 0 Å². The SMILES string of the molecule is CCn1ncnc1CC(CSc1ccccc1Br)NN. The highest BCUT2D eigenvalue weighted by Gasteiger charge is 2.13. The van der Waals surface area contributed by atoms with Crippen LogP contribution in [0.15, 0.2) is 40.0 Å². The fraction of sp³-hybridized carbons (Fsp3) is 0.385. The third-order valence-corrected chi connectivity index (χ3v) is 5.13. The molecule has 2 rings (SSSR count). The highest BCUT2D eigenvalue weighted by molar-refractivity contribution is 9.10. The van der Waals surface area contributed by atoms with Crippen molar-refractivity contribution in [1.82, 2.24) is 20.2 Å². The number of hydrazine groups is 1. The standard InChI is InChI=1S/C13H18BrN5S/c1-2-19-13(16-9-17-19)7-10(18-15)8-20-12-6-4-3-5-11(12)14/h3-6,9-10,18H,2,7-8,15H2,1H3. The molecule has 0 amide bonds. The van der Waals surface area contributed by atoms with Crippen molar-refractivity contribution in [3.8, 4) is 0 Å². The number of hydrogen-bond donors (Lipinski definition) is 2. The lowest BCUT2D eigenvalue weighted by Crippen LogP contribution is -2.39. The van der Waals surface area contributed by atoms with E-state index in [0.717, 1.165) is 29.0 Å². The normalized spacial score (nSPS) is 12.6. The van der Waals surface area contributed by atoms with Gasteiger partial charge in [-0.1, -0.05) is 12.1 Å². The molecule has 0 aliphatic carbocycles. The van der Waals surface area contributed by atoms with Gasteiger partial charge in [0.25, 0.3) is 0 Å². The minimum absolute atomic E-state index is 0.154. The average molecular weight is 356 g/mol. The first-order valence-electron chi connectivity index (χ1n) is 6.44. The first kappa shape index (κ1) is 15.5. The van der Waals surface area contributed by atoms with Gasteiger partial charge in [-0.2, -0.15) is 5.10 Å². The summed E-state index contributed by atoms with van der Waals surface area (Å²) in [6, 6.07) is 8.33. The molecule has 0 saturated carbocycles. The maximum absolute atomic E-state index is 5.65. The topological polar surface area (TPSA) is 68.8 Å². The fourth-order valence-corrected chi connectivity index (χ4v) is 3.45. The Morgan fingerprint density at radius 2 is 2.25 bits per heavy atom. The summed E-state index contributed by atoms with van der Waals surface area (Å²) in [7, 11) is 0. The molecule has 0 aliphatic heterocycles. The molecular formula is C13H18BrN5S. The van der Waals surface area contributed by atoms with Crippen LogP contribution in [0.2, 0.25) is 0 Å². The molecule has 20 heavy (non-hydrogen) atoms. The fourth-order valence-electron chi connectivity index (χ4n) is 1.85. The Balaban J connectivity index is 1.94. The van der Waals surface area contributed by atoms with Gasteiger partial charge in [-0.15, -0.1) is 11.8 Å². The number of hydrogen-bond acceptors (Lipinski definition) is 5. The lowest BCUT2D eigenvalue weighted by Gasteiger charge is -2.15. The molecule has 3 N–H and O–H groups in total. The van der Waals surface area contributed by atoms with Gasteiger partial charge in [-0.25, -0.2) is 4.98 Å². The van der Waals surface area contributed by atoms with Crippen LogP contribution in [0.3, 0.4) is 0 Å². The van der Waals surface area contributed by atoms with Crippen molar-refractivity contribution >= 4 is 27.7 Å². The monoisotopic (exact) mass is 355 g/mol. The first-order valence-corrected chi connectivity index (χ1v) is 8.22. The van der Waals surface area contributed by atoms with Crippen LogP contribution in [0.1, 0.15) is 12.7 Å². The number of rotatable bonds is 7. The van der Waals surface area contributed by atoms with E-state index in [1.807, 2.05) is 22.9 Å². The van der Waals surface area contributed by atoms with Gasteiger partial charge in [0.05, 0.1) is 0 Å². The molecule has 0 fully saturated rings. The van der Waals surface area contributed by atoms with Crippen molar-refractivity contribution < 1.29 is 0 Å². The Hall–Kier alpha value is -0.890. The first-order chi connectivity index (χ1) is 9.74. The molecule has 2 aromatic rings. The van der Waals surface area contributed by atoms with E-state index < -0.39 is 0 Å². The summed E-state index contributed by atoms with van der Waals surface area (Å²) in [6.45, 7) is 2.88. The Morgan fingerprint density at radius 3 is 2.95 bits per heavy atom. The predicted octanol–water partition coefficient (Wildman–Crippen LogP) is 2.23. The Kier molecular flexibility index (Phi) is 6.03. The smallest absolute Gasteiger partial charge is 0.138 e. The van der Waals surface area contributed by atoms with E-state index in [1.54, 1.807) is 18.1 Å². The molecule has 1 unspecified atom stereocenters. The van der Waals surface area contributed by atoms with Crippen LogP contribution in [0.25, 0.3) is 0 Å². The van der Waals surface area contributed by atoms with Gasteiger partial charge < -0.3 is 0 Å². The summed E-state index contributed by atoms with van der Waals surface area (Å²) in [5.41, 5.74) is 2.86. The third kappa shape index (κ3) is 4.05. The van der Waals surface area contributed by atoms with Gasteiger partial charge in [0.1, 0.15) is 12.2 Å². The third-order valence-electron chi connectivity index (χ3n) is 2.94.